The SMILES string of the molecule is Cc1cccc(Cl)c1NS(=O)(=O)c1c(C)cc(N)cc1C. The fourth-order valence-electron chi connectivity index (χ4n) is 2.35. The number of nitrogen functional groups attached to an aromatic ring is 1. The minimum absolute atomic E-state index is 0.232. The van der Waals surface area contributed by atoms with Gasteiger partial charge in [-0.05, 0) is 55.7 Å². The van der Waals surface area contributed by atoms with Crippen LogP contribution < -0.4 is 10.5 Å². The standard InChI is InChI=1S/C15H17ClN2O2S/c1-9-5-4-6-13(16)14(9)18-21(19,20)15-10(2)7-12(17)8-11(15)3/h4-8,18H,17H2,1-3H3. The van der Waals surface area contributed by atoms with Gasteiger partial charge in [-0.25, -0.2) is 8.42 Å². The molecule has 2 aromatic rings. The molecule has 21 heavy (non-hydrogen) atoms. The summed E-state index contributed by atoms with van der Waals surface area (Å²) >= 11 is 6.08. The number of hydrogen-bond donors (Lipinski definition) is 2. The number of halogens is 1. The van der Waals surface area contributed by atoms with Crippen molar-refractivity contribution in [2.45, 2.75) is 25.7 Å². The van der Waals surface area contributed by atoms with Crippen LogP contribution in [0.2, 0.25) is 5.02 Å². The number of aryl methyl sites for hydroxylation is 3. The molecule has 0 atom stereocenters. The van der Waals surface area contributed by atoms with Gasteiger partial charge in [0.1, 0.15) is 0 Å². The third-order valence-corrected chi connectivity index (χ3v) is 5.18. The van der Waals surface area contributed by atoms with Gasteiger partial charge >= 0.3 is 0 Å². The number of hydrogen-bond acceptors (Lipinski definition) is 3. The van der Waals surface area contributed by atoms with Crippen LogP contribution in [-0.2, 0) is 10.0 Å². The molecule has 0 bridgehead atoms. The predicted octanol–water partition coefficient (Wildman–Crippen LogP) is 3.65. The average molecular weight is 325 g/mol. The highest BCUT2D eigenvalue weighted by Crippen LogP contribution is 2.30. The molecule has 0 heterocycles. The first-order valence-corrected chi connectivity index (χ1v) is 8.23. The summed E-state index contributed by atoms with van der Waals surface area (Å²) in [6.45, 7) is 5.24. The number of anilines is 2. The first kappa shape index (κ1) is 15.7. The Morgan fingerprint density at radius 3 is 2.14 bits per heavy atom. The summed E-state index contributed by atoms with van der Waals surface area (Å²) in [4.78, 5) is 0.232. The summed E-state index contributed by atoms with van der Waals surface area (Å²) in [5, 5.41) is 0.365. The molecule has 0 saturated carbocycles. The van der Waals surface area contributed by atoms with Crippen molar-refractivity contribution in [2.75, 3.05) is 10.5 Å². The highest BCUT2D eigenvalue weighted by molar-refractivity contribution is 7.92. The first-order chi connectivity index (χ1) is 9.72. The van der Waals surface area contributed by atoms with Crippen LogP contribution in [0.1, 0.15) is 16.7 Å². The Labute approximate surface area is 130 Å². The van der Waals surface area contributed by atoms with Gasteiger partial charge in [0.15, 0.2) is 0 Å². The zero-order valence-electron chi connectivity index (χ0n) is 12.1. The number of benzene rings is 2. The number of nitrogens with two attached hydrogens (primary N) is 1. The molecule has 0 unspecified atom stereocenters. The van der Waals surface area contributed by atoms with E-state index in [-0.39, 0.29) is 4.90 Å². The highest BCUT2D eigenvalue weighted by atomic mass is 35.5. The smallest absolute Gasteiger partial charge is 0.262 e. The predicted molar refractivity (Wildman–Crippen MR) is 87.3 cm³/mol. The Kier molecular flexibility index (Phi) is 4.16. The van der Waals surface area contributed by atoms with Gasteiger partial charge in [0, 0.05) is 5.69 Å². The molecule has 0 aliphatic carbocycles. The highest BCUT2D eigenvalue weighted by Gasteiger charge is 2.21. The monoisotopic (exact) mass is 324 g/mol. The molecular formula is C15H17ClN2O2S. The van der Waals surface area contributed by atoms with E-state index in [2.05, 4.69) is 4.72 Å². The summed E-state index contributed by atoms with van der Waals surface area (Å²) in [5.74, 6) is 0. The van der Waals surface area contributed by atoms with Crippen LogP contribution in [0.15, 0.2) is 35.2 Å². The van der Waals surface area contributed by atoms with Gasteiger partial charge in [0.25, 0.3) is 10.0 Å². The van der Waals surface area contributed by atoms with Crippen LogP contribution in [0.5, 0.6) is 0 Å². The van der Waals surface area contributed by atoms with Crippen molar-refractivity contribution in [1.82, 2.24) is 0 Å². The Morgan fingerprint density at radius 2 is 1.62 bits per heavy atom. The number of para-hydroxylation sites is 1. The van der Waals surface area contributed by atoms with E-state index in [1.165, 1.54) is 0 Å². The molecule has 0 radical (unpaired) electrons. The lowest BCUT2D eigenvalue weighted by molar-refractivity contribution is 0.600. The van der Waals surface area contributed by atoms with E-state index in [1.807, 2.05) is 0 Å². The number of nitrogens with one attached hydrogen (secondary N) is 1. The Morgan fingerprint density at radius 1 is 1.05 bits per heavy atom. The van der Waals surface area contributed by atoms with E-state index in [4.69, 9.17) is 17.3 Å². The zero-order chi connectivity index (χ0) is 15.8. The molecule has 0 aliphatic heterocycles. The molecule has 112 valence electrons. The molecule has 3 N–H and O–H groups in total. The van der Waals surface area contributed by atoms with Gasteiger partial charge in [-0.1, -0.05) is 23.7 Å². The minimum atomic E-state index is -3.73. The summed E-state index contributed by atoms with van der Waals surface area (Å²) in [5.41, 5.74) is 8.64. The largest absolute Gasteiger partial charge is 0.399 e. The quantitative estimate of drug-likeness (QED) is 0.846. The normalized spacial score (nSPS) is 11.4. The van der Waals surface area contributed by atoms with Crippen molar-refractivity contribution < 1.29 is 8.42 Å². The lowest BCUT2D eigenvalue weighted by atomic mass is 10.1. The van der Waals surface area contributed by atoms with E-state index in [9.17, 15) is 8.42 Å². The maximum Gasteiger partial charge on any atom is 0.262 e. The third-order valence-electron chi connectivity index (χ3n) is 3.21. The second-order valence-corrected chi connectivity index (χ2v) is 7.05. The number of sulfonamides is 1. The van der Waals surface area contributed by atoms with Crippen LogP contribution in [-0.4, -0.2) is 8.42 Å². The first-order valence-electron chi connectivity index (χ1n) is 6.37. The van der Waals surface area contributed by atoms with E-state index >= 15 is 0 Å². The van der Waals surface area contributed by atoms with Crippen molar-refractivity contribution in [3.8, 4) is 0 Å². The van der Waals surface area contributed by atoms with Gasteiger partial charge in [-0.3, -0.25) is 4.72 Å². The van der Waals surface area contributed by atoms with Gasteiger partial charge in [-0.2, -0.15) is 0 Å². The summed E-state index contributed by atoms with van der Waals surface area (Å²) in [7, 11) is -3.73. The molecule has 2 aromatic carbocycles. The van der Waals surface area contributed by atoms with Crippen molar-refractivity contribution in [3.05, 3.63) is 52.0 Å². The van der Waals surface area contributed by atoms with E-state index in [0.29, 0.717) is 27.5 Å². The van der Waals surface area contributed by atoms with E-state index < -0.39 is 10.0 Å². The molecule has 0 aliphatic rings. The van der Waals surface area contributed by atoms with Gasteiger partial charge in [0.2, 0.25) is 0 Å². The summed E-state index contributed by atoms with van der Waals surface area (Å²) in [6, 6.07) is 8.50. The van der Waals surface area contributed by atoms with Gasteiger partial charge in [-0.15, -0.1) is 0 Å². The van der Waals surface area contributed by atoms with Crippen molar-refractivity contribution >= 4 is 33.0 Å². The zero-order valence-corrected chi connectivity index (χ0v) is 13.6. The second-order valence-electron chi connectivity index (χ2n) is 5.02. The van der Waals surface area contributed by atoms with Crippen LogP contribution in [0.25, 0.3) is 0 Å². The topological polar surface area (TPSA) is 72.2 Å². The van der Waals surface area contributed by atoms with Crippen molar-refractivity contribution in [3.63, 3.8) is 0 Å². The van der Waals surface area contributed by atoms with E-state index in [0.717, 1.165) is 5.56 Å². The van der Waals surface area contributed by atoms with E-state index in [1.54, 1.807) is 51.1 Å². The molecule has 6 heteroatoms. The molecule has 0 aromatic heterocycles. The van der Waals surface area contributed by atoms with Crippen molar-refractivity contribution in [1.29, 1.82) is 0 Å². The van der Waals surface area contributed by atoms with Crippen LogP contribution in [0.4, 0.5) is 11.4 Å². The minimum Gasteiger partial charge on any atom is -0.399 e. The third kappa shape index (κ3) is 3.14. The van der Waals surface area contributed by atoms with Crippen molar-refractivity contribution in [2.24, 2.45) is 0 Å². The Bertz CT molecular complexity index is 758. The molecule has 0 amide bonds. The molecule has 2 rings (SSSR count). The molecule has 0 fully saturated rings. The molecule has 0 spiro atoms. The summed E-state index contributed by atoms with van der Waals surface area (Å²) in [6.07, 6.45) is 0. The Hall–Kier alpha value is -1.72. The van der Waals surface area contributed by atoms with Gasteiger partial charge in [0.05, 0.1) is 15.6 Å². The van der Waals surface area contributed by atoms with Crippen LogP contribution in [0, 0.1) is 20.8 Å². The second kappa shape index (κ2) is 5.58. The molecule has 0 saturated heterocycles. The average Bonchev–Trinajstić information content (AvgIpc) is 2.32. The fraction of sp³-hybridized carbons (Fsp3) is 0.200. The fourth-order valence-corrected chi connectivity index (χ4v) is 4.29. The van der Waals surface area contributed by atoms with Crippen LogP contribution >= 0.6 is 11.6 Å². The lowest BCUT2D eigenvalue weighted by Gasteiger charge is -2.16. The number of rotatable bonds is 3. The Balaban J connectivity index is 2.54. The van der Waals surface area contributed by atoms with Crippen LogP contribution in [0.3, 0.4) is 0 Å². The maximum atomic E-state index is 12.6. The molecular weight excluding hydrogens is 308 g/mol. The summed E-state index contributed by atoms with van der Waals surface area (Å²) < 4.78 is 27.9. The lowest BCUT2D eigenvalue weighted by Crippen LogP contribution is -2.17. The van der Waals surface area contributed by atoms with Gasteiger partial charge < -0.3 is 5.73 Å². The maximum absolute atomic E-state index is 12.6. The molecule has 4 nitrogen and oxygen atoms in total.